The van der Waals surface area contributed by atoms with Gasteiger partial charge in [-0.25, -0.2) is 0 Å². The first-order valence-corrected chi connectivity index (χ1v) is 17.4. The van der Waals surface area contributed by atoms with Crippen molar-refractivity contribution in [1.29, 1.82) is 0 Å². The molecular formula is C28H40N2O7S2. The standard InChI is InChI=1S/C28H40N2O7S2/c1-28-13-12-23-22(24(28)10-11-26(28)31)9-8-20-18-21(36-38(32,33)29-14-4-2-5-15-29)19-25(27(20)23)37-39(34,35)30-16-6-3-7-17-30/h18-19,22-24H,2-17H2,1H3/t22-,23-,24-,28-/m0/s1. The SMILES string of the molecule is C[C@]12CC[C@@H]3c4c(cc(OS(=O)(=O)N5CCCCC5)cc4OS(=O)(=O)N4CCCCC4)CC[C@@H]3[C@@H]1CCC2=O. The van der Waals surface area contributed by atoms with E-state index in [0.29, 0.717) is 44.8 Å². The van der Waals surface area contributed by atoms with E-state index in [2.05, 4.69) is 6.92 Å². The summed E-state index contributed by atoms with van der Waals surface area (Å²) in [5.74, 6) is 1.25. The van der Waals surface area contributed by atoms with Crippen LogP contribution in [0.3, 0.4) is 0 Å². The lowest BCUT2D eigenvalue weighted by Gasteiger charge is -2.48. The molecule has 2 aliphatic heterocycles. The zero-order chi connectivity index (χ0) is 27.4. The van der Waals surface area contributed by atoms with Gasteiger partial charge in [0.15, 0.2) is 5.75 Å². The first-order valence-electron chi connectivity index (χ1n) is 14.7. The maximum Gasteiger partial charge on any atom is 0.385 e. The van der Waals surface area contributed by atoms with Gasteiger partial charge < -0.3 is 8.37 Å². The molecule has 216 valence electrons. The van der Waals surface area contributed by atoms with Gasteiger partial charge in [-0.15, -0.1) is 0 Å². The summed E-state index contributed by atoms with van der Waals surface area (Å²) in [4.78, 5) is 12.8. The minimum Gasteiger partial charge on any atom is -0.371 e. The Bertz CT molecular complexity index is 1330. The molecular weight excluding hydrogens is 540 g/mol. The van der Waals surface area contributed by atoms with Gasteiger partial charge in [0, 0.05) is 49.6 Å². The molecule has 4 atom stereocenters. The summed E-state index contributed by atoms with van der Waals surface area (Å²) >= 11 is 0. The second kappa shape index (κ2) is 10.3. The maximum absolute atomic E-state index is 13.4. The Balaban J connectivity index is 1.37. The number of fused-ring (bicyclic) bond motifs is 5. The minimum atomic E-state index is -4.06. The number of rotatable bonds is 6. The topological polar surface area (TPSA) is 110 Å². The van der Waals surface area contributed by atoms with Gasteiger partial charge in [0.2, 0.25) is 0 Å². The summed E-state index contributed by atoms with van der Waals surface area (Å²) in [7, 11) is -8.08. The third kappa shape index (κ3) is 5.02. The Kier molecular flexibility index (Phi) is 7.25. The van der Waals surface area contributed by atoms with Crippen molar-refractivity contribution in [3.63, 3.8) is 0 Å². The van der Waals surface area contributed by atoms with Gasteiger partial charge >= 0.3 is 20.6 Å². The molecule has 0 spiro atoms. The van der Waals surface area contributed by atoms with Crippen LogP contribution in [0.5, 0.6) is 11.5 Å². The van der Waals surface area contributed by atoms with Crippen LogP contribution in [-0.4, -0.2) is 57.4 Å². The molecule has 1 aromatic carbocycles. The number of carbonyl (C=O) groups is 1. The summed E-state index contributed by atoms with van der Waals surface area (Å²) in [6.07, 6.45) is 9.74. The molecule has 0 unspecified atom stereocenters. The predicted molar refractivity (Wildman–Crippen MR) is 146 cm³/mol. The predicted octanol–water partition coefficient (Wildman–Crippen LogP) is 4.33. The molecule has 0 aromatic heterocycles. The van der Waals surface area contributed by atoms with E-state index in [4.69, 9.17) is 8.37 Å². The van der Waals surface area contributed by atoms with E-state index in [-0.39, 0.29) is 34.7 Å². The fraction of sp³-hybridized carbons (Fsp3) is 0.750. The van der Waals surface area contributed by atoms with Crippen molar-refractivity contribution in [3.8, 4) is 11.5 Å². The van der Waals surface area contributed by atoms with Crippen molar-refractivity contribution in [2.45, 2.75) is 89.9 Å². The minimum absolute atomic E-state index is 0.0667. The van der Waals surface area contributed by atoms with Crippen molar-refractivity contribution in [2.75, 3.05) is 26.2 Å². The summed E-state index contributed by atoms with van der Waals surface area (Å²) in [6.45, 7) is 3.78. The first-order chi connectivity index (χ1) is 18.6. The highest BCUT2D eigenvalue weighted by molar-refractivity contribution is 7.85. The zero-order valence-electron chi connectivity index (χ0n) is 22.8. The van der Waals surface area contributed by atoms with E-state index in [1.54, 1.807) is 6.07 Å². The Morgan fingerprint density at radius 1 is 0.795 bits per heavy atom. The summed E-state index contributed by atoms with van der Waals surface area (Å²) in [5.41, 5.74) is 1.45. The average molecular weight is 581 g/mol. The zero-order valence-corrected chi connectivity index (χ0v) is 24.4. The van der Waals surface area contributed by atoms with Crippen LogP contribution in [0, 0.1) is 17.3 Å². The number of ketones is 1. The lowest BCUT2D eigenvalue weighted by Crippen LogP contribution is -2.43. The monoisotopic (exact) mass is 580 g/mol. The first kappa shape index (κ1) is 27.5. The normalized spacial score (nSPS) is 32.2. The van der Waals surface area contributed by atoms with Gasteiger partial charge in [0.25, 0.3) is 0 Å². The number of benzene rings is 1. The van der Waals surface area contributed by atoms with E-state index in [1.165, 1.54) is 14.7 Å². The molecule has 9 nitrogen and oxygen atoms in total. The molecule has 4 fully saturated rings. The molecule has 2 saturated carbocycles. The van der Waals surface area contributed by atoms with Crippen molar-refractivity contribution < 1.29 is 30.0 Å². The molecule has 0 amide bonds. The van der Waals surface area contributed by atoms with Crippen LogP contribution < -0.4 is 8.37 Å². The van der Waals surface area contributed by atoms with Gasteiger partial charge in [-0.2, -0.15) is 25.4 Å². The number of piperidine rings is 2. The average Bonchev–Trinajstić information content (AvgIpc) is 3.23. The van der Waals surface area contributed by atoms with Gasteiger partial charge in [-0.1, -0.05) is 19.8 Å². The van der Waals surface area contributed by atoms with Gasteiger partial charge in [0.1, 0.15) is 11.5 Å². The maximum atomic E-state index is 13.4. The molecule has 2 saturated heterocycles. The van der Waals surface area contributed by atoms with Crippen molar-refractivity contribution in [1.82, 2.24) is 8.61 Å². The van der Waals surface area contributed by atoms with Crippen molar-refractivity contribution in [3.05, 3.63) is 23.3 Å². The fourth-order valence-corrected chi connectivity index (χ4v) is 10.4. The Hall–Kier alpha value is -1.69. The molecule has 39 heavy (non-hydrogen) atoms. The van der Waals surface area contributed by atoms with Crippen LogP contribution in [0.4, 0.5) is 0 Å². The van der Waals surface area contributed by atoms with Crippen molar-refractivity contribution in [2.24, 2.45) is 17.3 Å². The largest absolute Gasteiger partial charge is 0.385 e. The summed E-state index contributed by atoms with van der Waals surface area (Å²) in [6, 6.07) is 3.23. The third-order valence-corrected chi connectivity index (χ3v) is 12.9. The Morgan fingerprint density at radius 3 is 2.05 bits per heavy atom. The number of hydrogen-bond donors (Lipinski definition) is 0. The van der Waals surface area contributed by atoms with Crippen LogP contribution in [0.25, 0.3) is 0 Å². The number of carbonyl (C=O) groups excluding carboxylic acids is 1. The number of nitrogens with zero attached hydrogens (tertiary/aromatic N) is 2. The Labute approximate surface area is 232 Å². The van der Waals surface area contributed by atoms with E-state index >= 15 is 0 Å². The molecule has 2 heterocycles. The van der Waals surface area contributed by atoms with E-state index in [0.717, 1.165) is 75.3 Å². The lowest BCUT2D eigenvalue weighted by atomic mass is 9.55. The molecule has 1 aromatic rings. The molecule has 0 N–H and O–H groups in total. The van der Waals surface area contributed by atoms with E-state index < -0.39 is 20.6 Å². The Morgan fingerprint density at radius 2 is 1.41 bits per heavy atom. The third-order valence-electron chi connectivity index (χ3n) is 10.1. The van der Waals surface area contributed by atoms with Crippen LogP contribution in [0.15, 0.2) is 12.1 Å². The quantitative estimate of drug-likeness (QED) is 0.493. The summed E-state index contributed by atoms with van der Waals surface area (Å²) < 4.78 is 67.2. The fourth-order valence-electron chi connectivity index (χ4n) is 8.06. The van der Waals surface area contributed by atoms with E-state index in [1.807, 2.05) is 0 Å². The molecule has 0 bridgehead atoms. The molecule has 0 radical (unpaired) electrons. The van der Waals surface area contributed by atoms with Crippen LogP contribution in [-0.2, 0) is 31.8 Å². The van der Waals surface area contributed by atoms with Crippen LogP contribution in [0.1, 0.15) is 94.6 Å². The summed E-state index contributed by atoms with van der Waals surface area (Å²) in [5, 5.41) is 0. The lowest BCUT2D eigenvalue weighted by molar-refractivity contribution is -0.129. The smallest absolute Gasteiger partial charge is 0.371 e. The van der Waals surface area contributed by atoms with Crippen LogP contribution in [0.2, 0.25) is 0 Å². The second-order valence-electron chi connectivity index (χ2n) is 12.3. The highest BCUT2D eigenvalue weighted by Crippen LogP contribution is 2.61. The number of Topliss-reactive ketones (excluding diaryl/α,β-unsaturated/α-hetero) is 1. The molecule has 3 aliphatic carbocycles. The second-order valence-corrected chi connectivity index (χ2v) is 15.4. The van der Waals surface area contributed by atoms with Gasteiger partial charge in [0.05, 0.1) is 0 Å². The number of aryl methyl sites for hydroxylation is 1. The number of hydrogen-bond acceptors (Lipinski definition) is 7. The highest BCUT2D eigenvalue weighted by atomic mass is 32.2. The van der Waals surface area contributed by atoms with Gasteiger partial charge in [-0.3, -0.25) is 4.79 Å². The van der Waals surface area contributed by atoms with E-state index in [9.17, 15) is 21.6 Å². The van der Waals surface area contributed by atoms with Gasteiger partial charge in [-0.05, 0) is 87.2 Å². The highest BCUT2D eigenvalue weighted by Gasteiger charge is 2.55. The van der Waals surface area contributed by atoms with Crippen molar-refractivity contribution >= 4 is 26.4 Å². The molecule has 5 aliphatic rings. The van der Waals surface area contributed by atoms with Crippen LogP contribution >= 0.6 is 0 Å². The molecule has 11 heteroatoms. The molecule has 6 rings (SSSR count).